The van der Waals surface area contributed by atoms with Gasteiger partial charge in [-0.05, 0) is 30.3 Å². The molecule has 0 unspecified atom stereocenters. The van der Waals surface area contributed by atoms with Crippen LogP contribution in [0.5, 0.6) is 0 Å². The van der Waals surface area contributed by atoms with Crippen LogP contribution in [-0.2, 0) is 0 Å². The predicted octanol–water partition coefficient (Wildman–Crippen LogP) is 3.17. The molecule has 0 fully saturated rings. The van der Waals surface area contributed by atoms with Crippen LogP contribution in [0, 0.1) is 5.82 Å². The lowest BCUT2D eigenvalue weighted by atomic mass is 10.2. The summed E-state index contributed by atoms with van der Waals surface area (Å²) in [6.07, 6.45) is 1.53. The number of nitrogens with two attached hydrogens (primary N) is 1. The van der Waals surface area contributed by atoms with Crippen molar-refractivity contribution in [1.29, 1.82) is 0 Å². The lowest BCUT2D eigenvalue weighted by Crippen LogP contribution is -1.89. The fourth-order valence-corrected chi connectivity index (χ4v) is 1.90. The number of benzene rings is 1. The number of aromatic nitrogens is 3. The van der Waals surface area contributed by atoms with E-state index in [0.29, 0.717) is 16.9 Å². The average Bonchev–Trinajstić information content (AvgIpc) is 2.89. The van der Waals surface area contributed by atoms with Gasteiger partial charge in [0.15, 0.2) is 0 Å². The number of halogens is 2. The molecule has 3 rings (SSSR count). The number of nitrogens with zero attached hydrogens (tertiary/aromatic N) is 3. The summed E-state index contributed by atoms with van der Waals surface area (Å²) in [4.78, 5) is 8.15. The summed E-state index contributed by atoms with van der Waals surface area (Å²) >= 11 is 5.95. The van der Waals surface area contributed by atoms with Gasteiger partial charge in [-0.2, -0.15) is 4.98 Å². The van der Waals surface area contributed by atoms with Crippen molar-refractivity contribution in [3.63, 3.8) is 0 Å². The maximum atomic E-state index is 13.0. The molecule has 100 valence electrons. The molecule has 7 heteroatoms. The average molecular weight is 291 g/mol. The SMILES string of the molecule is Nc1ccc(-c2nc(-c3ccc(F)cc3Cl)no2)cn1. The molecule has 0 atom stereocenters. The molecule has 0 bridgehead atoms. The van der Waals surface area contributed by atoms with Crippen LogP contribution >= 0.6 is 11.6 Å². The Kier molecular flexibility index (Phi) is 3.08. The number of hydrogen-bond acceptors (Lipinski definition) is 5. The van der Waals surface area contributed by atoms with Crippen LogP contribution < -0.4 is 5.73 Å². The van der Waals surface area contributed by atoms with Crippen LogP contribution in [-0.4, -0.2) is 15.1 Å². The number of rotatable bonds is 2. The third kappa shape index (κ3) is 2.33. The fourth-order valence-electron chi connectivity index (χ4n) is 1.65. The van der Waals surface area contributed by atoms with Gasteiger partial charge in [-0.3, -0.25) is 0 Å². The smallest absolute Gasteiger partial charge is 0.259 e. The van der Waals surface area contributed by atoms with Gasteiger partial charge in [0.05, 0.1) is 10.6 Å². The Balaban J connectivity index is 1.99. The van der Waals surface area contributed by atoms with Gasteiger partial charge in [-0.1, -0.05) is 16.8 Å². The number of nitrogen functional groups attached to an aromatic ring is 1. The van der Waals surface area contributed by atoms with E-state index in [2.05, 4.69) is 15.1 Å². The molecule has 0 aliphatic rings. The van der Waals surface area contributed by atoms with E-state index in [0.717, 1.165) is 0 Å². The van der Waals surface area contributed by atoms with Gasteiger partial charge < -0.3 is 10.3 Å². The zero-order valence-corrected chi connectivity index (χ0v) is 10.8. The Morgan fingerprint density at radius 2 is 2.05 bits per heavy atom. The molecule has 2 N–H and O–H groups in total. The normalized spacial score (nSPS) is 10.7. The van der Waals surface area contributed by atoms with Crippen molar-refractivity contribution in [1.82, 2.24) is 15.1 Å². The molecule has 0 amide bonds. The molecule has 2 heterocycles. The largest absolute Gasteiger partial charge is 0.384 e. The van der Waals surface area contributed by atoms with E-state index in [1.165, 1.54) is 24.4 Å². The Morgan fingerprint density at radius 3 is 2.75 bits per heavy atom. The molecular formula is C13H8ClFN4O. The first kappa shape index (κ1) is 12.6. The molecule has 2 aromatic heterocycles. The zero-order chi connectivity index (χ0) is 14.1. The minimum absolute atomic E-state index is 0.216. The number of pyridine rings is 1. The van der Waals surface area contributed by atoms with Gasteiger partial charge in [-0.15, -0.1) is 0 Å². The van der Waals surface area contributed by atoms with Gasteiger partial charge in [0.2, 0.25) is 5.82 Å². The second-order valence-corrected chi connectivity index (χ2v) is 4.43. The molecule has 3 aromatic rings. The minimum atomic E-state index is -0.426. The summed E-state index contributed by atoms with van der Waals surface area (Å²) < 4.78 is 18.1. The van der Waals surface area contributed by atoms with E-state index >= 15 is 0 Å². The van der Waals surface area contributed by atoms with Crippen LogP contribution in [0.15, 0.2) is 41.1 Å². The third-order valence-electron chi connectivity index (χ3n) is 2.63. The van der Waals surface area contributed by atoms with E-state index < -0.39 is 5.82 Å². The lowest BCUT2D eigenvalue weighted by molar-refractivity contribution is 0.432. The maximum Gasteiger partial charge on any atom is 0.259 e. The van der Waals surface area contributed by atoms with Crippen LogP contribution in [0.4, 0.5) is 10.2 Å². The van der Waals surface area contributed by atoms with E-state index in [1.54, 1.807) is 12.1 Å². The summed E-state index contributed by atoms with van der Waals surface area (Å²) in [5.41, 5.74) is 6.63. The quantitative estimate of drug-likeness (QED) is 0.784. The van der Waals surface area contributed by atoms with Gasteiger partial charge in [0.1, 0.15) is 11.6 Å². The van der Waals surface area contributed by atoms with Crippen molar-refractivity contribution in [2.24, 2.45) is 0 Å². The Hall–Kier alpha value is -2.47. The summed E-state index contributed by atoms with van der Waals surface area (Å²) in [5, 5.41) is 4.04. The predicted molar refractivity (Wildman–Crippen MR) is 72.3 cm³/mol. The lowest BCUT2D eigenvalue weighted by Gasteiger charge is -1.97. The molecule has 0 saturated heterocycles. The molecule has 0 spiro atoms. The van der Waals surface area contributed by atoms with Crippen LogP contribution in [0.1, 0.15) is 0 Å². The molecule has 0 radical (unpaired) electrons. The third-order valence-corrected chi connectivity index (χ3v) is 2.94. The molecule has 5 nitrogen and oxygen atoms in total. The van der Waals surface area contributed by atoms with Crippen molar-refractivity contribution in [3.05, 3.63) is 47.4 Å². The second kappa shape index (κ2) is 4.90. The highest BCUT2D eigenvalue weighted by molar-refractivity contribution is 6.33. The Labute approximate surface area is 118 Å². The second-order valence-electron chi connectivity index (χ2n) is 4.02. The minimum Gasteiger partial charge on any atom is -0.384 e. The number of anilines is 1. The van der Waals surface area contributed by atoms with Crippen LogP contribution in [0.2, 0.25) is 5.02 Å². The molecule has 1 aromatic carbocycles. The van der Waals surface area contributed by atoms with E-state index in [-0.39, 0.29) is 16.7 Å². The molecule has 0 aliphatic carbocycles. The summed E-state index contributed by atoms with van der Waals surface area (Å²) in [7, 11) is 0. The van der Waals surface area contributed by atoms with E-state index in [1.807, 2.05) is 0 Å². The van der Waals surface area contributed by atoms with Gasteiger partial charge in [0, 0.05) is 11.8 Å². The van der Waals surface area contributed by atoms with Gasteiger partial charge in [0.25, 0.3) is 5.89 Å². The van der Waals surface area contributed by atoms with Crippen molar-refractivity contribution in [2.45, 2.75) is 0 Å². The first-order valence-corrected chi connectivity index (χ1v) is 6.02. The molecule has 0 aliphatic heterocycles. The first-order chi connectivity index (χ1) is 9.63. The summed E-state index contributed by atoms with van der Waals surface area (Å²) in [5.74, 6) is 0.537. The first-order valence-electron chi connectivity index (χ1n) is 5.64. The van der Waals surface area contributed by atoms with Crippen LogP contribution in [0.3, 0.4) is 0 Å². The molecule has 20 heavy (non-hydrogen) atoms. The topological polar surface area (TPSA) is 77.8 Å². The molecular weight excluding hydrogens is 283 g/mol. The van der Waals surface area contributed by atoms with Crippen molar-refractivity contribution in [3.8, 4) is 22.8 Å². The monoisotopic (exact) mass is 290 g/mol. The summed E-state index contributed by atoms with van der Waals surface area (Å²) in [6, 6.07) is 7.31. The standard InChI is InChI=1S/C13H8ClFN4O/c14-10-5-8(15)2-3-9(10)12-18-13(20-19-12)7-1-4-11(16)17-6-7/h1-6H,(H2,16,17). The van der Waals surface area contributed by atoms with E-state index in [4.69, 9.17) is 21.9 Å². The highest BCUT2D eigenvalue weighted by Crippen LogP contribution is 2.28. The van der Waals surface area contributed by atoms with Crippen molar-refractivity contribution < 1.29 is 8.91 Å². The van der Waals surface area contributed by atoms with Crippen LogP contribution in [0.25, 0.3) is 22.8 Å². The zero-order valence-electron chi connectivity index (χ0n) is 10.0. The van der Waals surface area contributed by atoms with Gasteiger partial charge >= 0.3 is 0 Å². The number of hydrogen-bond donors (Lipinski definition) is 1. The Bertz CT molecular complexity index is 757. The summed E-state index contributed by atoms with van der Waals surface area (Å²) in [6.45, 7) is 0. The Morgan fingerprint density at radius 1 is 1.20 bits per heavy atom. The van der Waals surface area contributed by atoms with Crippen molar-refractivity contribution in [2.75, 3.05) is 5.73 Å². The van der Waals surface area contributed by atoms with Gasteiger partial charge in [-0.25, -0.2) is 9.37 Å². The van der Waals surface area contributed by atoms with E-state index in [9.17, 15) is 4.39 Å². The highest BCUT2D eigenvalue weighted by atomic mass is 35.5. The molecule has 0 saturated carbocycles. The maximum absolute atomic E-state index is 13.0. The highest BCUT2D eigenvalue weighted by Gasteiger charge is 2.13. The van der Waals surface area contributed by atoms with Crippen molar-refractivity contribution >= 4 is 17.4 Å². The fraction of sp³-hybridized carbons (Fsp3) is 0.